The molecule has 0 heterocycles. The Hall–Kier alpha value is -1.40. The van der Waals surface area contributed by atoms with Crippen LogP contribution in [0.2, 0.25) is 0 Å². The quantitative estimate of drug-likeness (QED) is 0.0902. The van der Waals surface area contributed by atoms with E-state index in [2.05, 4.69) is 50.2 Å². The summed E-state index contributed by atoms with van der Waals surface area (Å²) in [6.45, 7) is 5.09. The molecule has 0 amide bonds. The van der Waals surface area contributed by atoms with Crippen LogP contribution in [0, 0.1) is 46.3 Å². The number of benzene rings is 3. The third-order valence-electron chi connectivity index (χ3n) is 15.2. The molecule has 0 radical (unpaired) electrons. The van der Waals surface area contributed by atoms with Crippen molar-refractivity contribution in [3.05, 3.63) is 57.6 Å². The molecule has 0 aliphatic heterocycles. The number of ether oxygens (including phenoxy) is 4. The molecule has 7 aliphatic carbocycles. The molecule has 3 aromatic rings. The molecule has 3 aromatic carbocycles. The first-order chi connectivity index (χ1) is 21.5. The molecule has 7 aliphatic rings. The van der Waals surface area contributed by atoms with Crippen LogP contribution >= 0.6 is 46.4 Å². The minimum atomic E-state index is -1.34. The first-order valence-corrected chi connectivity index (χ1v) is 17.6. The largest absolute Gasteiger partial charge is 0.496 e. The van der Waals surface area contributed by atoms with Gasteiger partial charge in [0.2, 0.25) is 5.79 Å². The zero-order valence-electron chi connectivity index (χ0n) is 26.1. The molecular formula is C37H36Cl4O4. The second-order valence-electron chi connectivity index (χ2n) is 15.3. The van der Waals surface area contributed by atoms with E-state index in [0.717, 1.165) is 35.1 Å². The number of fused-ring (bicyclic) bond motifs is 24. The number of hydrogen-bond acceptors (Lipinski definition) is 4. The van der Waals surface area contributed by atoms with Crippen LogP contribution in [-0.4, -0.2) is 44.0 Å². The van der Waals surface area contributed by atoms with Gasteiger partial charge in [-0.3, -0.25) is 0 Å². The number of halogens is 4. The minimum Gasteiger partial charge on any atom is -0.496 e. The standard InChI is InChI=1S/C37H36Cl4O4/c1-33-21-14-22(28-27(21)35(40)31(38)32(39)36(28,41)37(35,44-5)45-6)34(33,2)26-20-13-19(25(26)33)23-24(20)30(43-4)18-12-16-10-8-7-9-15(16)11-17(18)29(23)42-3/h7-12,19-22,25-28H,13-14H2,1-6H3/t19-,20+,21-,22+,25-,26+,27+,28-,33+,34-,35+,36-. The summed E-state index contributed by atoms with van der Waals surface area (Å²) in [5, 5.41) is 5.45. The molecule has 45 heavy (non-hydrogen) atoms. The molecule has 10 rings (SSSR count). The van der Waals surface area contributed by atoms with Crippen LogP contribution < -0.4 is 9.47 Å². The van der Waals surface area contributed by atoms with E-state index in [9.17, 15) is 0 Å². The van der Waals surface area contributed by atoms with E-state index in [1.165, 1.54) is 21.9 Å². The highest BCUT2D eigenvalue weighted by molar-refractivity contribution is 6.52. The van der Waals surface area contributed by atoms with E-state index in [-0.39, 0.29) is 22.7 Å². The summed E-state index contributed by atoms with van der Waals surface area (Å²) in [6.07, 6.45) is 2.18. The molecular weight excluding hydrogens is 650 g/mol. The van der Waals surface area contributed by atoms with Crippen molar-refractivity contribution in [1.29, 1.82) is 0 Å². The minimum absolute atomic E-state index is 0.00594. The summed E-state index contributed by atoms with van der Waals surface area (Å²) >= 11 is 29.6. The van der Waals surface area contributed by atoms with Gasteiger partial charge in [-0.25, -0.2) is 0 Å². The Morgan fingerprint density at radius 3 is 1.44 bits per heavy atom. The molecule has 5 fully saturated rings. The predicted octanol–water partition coefficient (Wildman–Crippen LogP) is 9.40. The second-order valence-corrected chi connectivity index (χ2v) is 17.2. The Kier molecular flexibility index (Phi) is 5.24. The molecule has 0 aromatic heterocycles. The topological polar surface area (TPSA) is 36.9 Å². The van der Waals surface area contributed by atoms with Crippen molar-refractivity contribution in [3.63, 3.8) is 0 Å². The van der Waals surface area contributed by atoms with E-state index in [1.807, 2.05) is 14.2 Å². The lowest BCUT2D eigenvalue weighted by molar-refractivity contribution is -0.244. The van der Waals surface area contributed by atoms with Crippen LogP contribution in [0.1, 0.15) is 49.7 Å². The van der Waals surface area contributed by atoms with Crippen LogP contribution in [0.25, 0.3) is 21.5 Å². The zero-order chi connectivity index (χ0) is 31.4. The second kappa shape index (κ2) is 8.24. The van der Waals surface area contributed by atoms with E-state index in [4.69, 9.17) is 65.4 Å². The monoisotopic (exact) mass is 684 g/mol. The van der Waals surface area contributed by atoms with Crippen molar-refractivity contribution in [1.82, 2.24) is 0 Å². The summed E-state index contributed by atoms with van der Waals surface area (Å²) in [4.78, 5) is -2.30. The fraction of sp³-hybridized carbons (Fsp3) is 0.568. The molecule has 0 N–H and O–H groups in total. The Balaban J connectivity index is 1.19. The maximum atomic E-state index is 7.75. The number of rotatable bonds is 4. The zero-order valence-corrected chi connectivity index (χ0v) is 29.2. The molecule has 236 valence electrons. The maximum Gasteiger partial charge on any atom is 0.217 e. The highest BCUT2D eigenvalue weighted by Gasteiger charge is 2.95. The van der Waals surface area contributed by atoms with E-state index in [1.54, 1.807) is 14.2 Å². The molecule has 0 spiro atoms. The highest BCUT2D eigenvalue weighted by Crippen LogP contribution is 2.95. The van der Waals surface area contributed by atoms with Crippen LogP contribution in [0.5, 0.6) is 11.5 Å². The number of methoxy groups -OCH3 is 4. The molecule has 0 saturated heterocycles. The Labute approximate surface area is 283 Å². The fourth-order valence-electron chi connectivity index (χ4n) is 14.1. The lowest BCUT2D eigenvalue weighted by Crippen LogP contribution is -2.70. The van der Waals surface area contributed by atoms with Gasteiger partial charge in [0.1, 0.15) is 21.2 Å². The summed E-state index contributed by atoms with van der Waals surface area (Å²) in [5.74, 6) is 3.03. The molecule has 12 atom stereocenters. The third-order valence-corrected chi connectivity index (χ3v) is 17.8. The first-order valence-electron chi connectivity index (χ1n) is 16.1. The van der Waals surface area contributed by atoms with Crippen LogP contribution in [0.4, 0.5) is 0 Å². The van der Waals surface area contributed by atoms with Crippen molar-refractivity contribution in [2.24, 2.45) is 46.3 Å². The van der Waals surface area contributed by atoms with Crippen LogP contribution in [0.15, 0.2) is 46.5 Å². The average Bonchev–Trinajstić information content (AvgIpc) is 3.82. The fourth-order valence-corrected chi connectivity index (χ4v) is 16.4. The van der Waals surface area contributed by atoms with E-state index in [0.29, 0.717) is 45.6 Å². The van der Waals surface area contributed by atoms with Gasteiger partial charge in [-0.05, 0) is 93.9 Å². The van der Waals surface area contributed by atoms with Crippen molar-refractivity contribution >= 4 is 67.9 Å². The lowest BCUT2D eigenvalue weighted by Gasteiger charge is -2.73. The van der Waals surface area contributed by atoms with Crippen LogP contribution in [-0.2, 0) is 9.47 Å². The Morgan fingerprint density at radius 1 is 0.644 bits per heavy atom. The van der Waals surface area contributed by atoms with Gasteiger partial charge in [-0.2, -0.15) is 0 Å². The Morgan fingerprint density at radius 2 is 1.07 bits per heavy atom. The third kappa shape index (κ3) is 2.41. The predicted molar refractivity (Wildman–Crippen MR) is 179 cm³/mol. The Bertz CT molecular complexity index is 1810. The molecule has 8 heteroatoms. The molecule has 4 nitrogen and oxygen atoms in total. The molecule has 0 unspecified atom stereocenters. The highest BCUT2D eigenvalue weighted by atomic mass is 35.5. The summed E-state index contributed by atoms with van der Waals surface area (Å²) in [5.41, 5.74) is 2.79. The lowest BCUT2D eigenvalue weighted by atomic mass is 9.30. The van der Waals surface area contributed by atoms with Gasteiger partial charge < -0.3 is 18.9 Å². The summed E-state index contributed by atoms with van der Waals surface area (Å²) in [7, 11) is 6.90. The van der Waals surface area contributed by atoms with Gasteiger partial charge in [0.25, 0.3) is 0 Å². The van der Waals surface area contributed by atoms with Crippen molar-refractivity contribution < 1.29 is 18.9 Å². The first kappa shape index (κ1) is 28.6. The van der Waals surface area contributed by atoms with Crippen molar-refractivity contribution in [3.8, 4) is 11.5 Å². The number of alkyl halides is 2. The van der Waals surface area contributed by atoms with E-state index < -0.39 is 15.5 Å². The van der Waals surface area contributed by atoms with Crippen molar-refractivity contribution in [2.45, 2.75) is 54.1 Å². The maximum absolute atomic E-state index is 7.75. The van der Waals surface area contributed by atoms with Gasteiger partial charge in [0.15, 0.2) is 0 Å². The summed E-state index contributed by atoms with van der Waals surface area (Å²) < 4.78 is 25.1. The average molecular weight is 687 g/mol. The SMILES string of the molecule is COc1c2c(c(OC)c3cc4ccccc4cc13)[C@@H]1C[C@H]2[C@@H]2[C@H]1[C@@]1(C)[C@H]3C[C@H]([C@H]4[C@@H]3[C@@]3(Cl)C(Cl)=C(Cl)[C@]4(Cl)C3(OC)OC)[C@@]21C. The van der Waals surface area contributed by atoms with Crippen LogP contribution in [0.3, 0.4) is 0 Å². The van der Waals surface area contributed by atoms with Gasteiger partial charge in [-0.15, -0.1) is 23.2 Å². The summed E-state index contributed by atoms with van der Waals surface area (Å²) in [6, 6.07) is 13.1. The number of hydrogen-bond donors (Lipinski definition) is 0. The molecule has 6 bridgehead atoms. The van der Waals surface area contributed by atoms with Gasteiger partial charge >= 0.3 is 0 Å². The van der Waals surface area contributed by atoms with Gasteiger partial charge in [-0.1, -0.05) is 61.3 Å². The normalized spacial score (nSPS) is 46.9. The molecule has 5 saturated carbocycles. The van der Waals surface area contributed by atoms with Gasteiger partial charge in [0, 0.05) is 36.1 Å². The van der Waals surface area contributed by atoms with Gasteiger partial charge in [0.05, 0.1) is 24.3 Å². The van der Waals surface area contributed by atoms with Crippen molar-refractivity contribution in [2.75, 3.05) is 28.4 Å². The van der Waals surface area contributed by atoms with E-state index >= 15 is 0 Å². The smallest absolute Gasteiger partial charge is 0.217 e.